The van der Waals surface area contributed by atoms with Gasteiger partial charge in [-0.25, -0.2) is 0 Å². The van der Waals surface area contributed by atoms with Crippen molar-refractivity contribution < 1.29 is 24.2 Å². The van der Waals surface area contributed by atoms with E-state index in [0.29, 0.717) is 23.7 Å². The molecule has 0 aromatic heterocycles. The molecule has 178 valence electrons. The van der Waals surface area contributed by atoms with Crippen LogP contribution in [-0.4, -0.2) is 35.4 Å². The maximum atomic E-state index is 13.3. The number of aliphatic hydroxyl groups is 1. The maximum Gasteiger partial charge on any atom is 0.290 e. The van der Waals surface area contributed by atoms with Gasteiger partial charge in [0.25, 0.3) is 5.91 Å². The molecule has 4 rings (SSSR count). The van der Waals surface area contributed by atoms with Gasteiger partial charge in [0.15, 0.2) is 23.0 Å². The van der Waals surface area contributed by atoms with Gasteiger partial charge in [-0.05, 0) is 41.8 Å². The molecular weight excluding hydrogens is 442 g/mol. The Balaban J connectivity index is 1.76. The van der Waals surface area contributed by atoms with Crippen LogP contribution in [0.4, 0.5) is 0 Å². The second-order valence-electron chi connectivity index (χ2n) is 8.04. The van der Waals surface area contributed by atoms with Gasteiger partial charge >= 0.3 is 0 Å². The Labute approximate surface area is 204 Å². The molecule has 0 radical (unpaired) electrons. The van der Waals surface area contributed by atoms with Crippen molar-refractivity contribution in [1.82, 2.24) is 4.90 Å². The summed E-state index contributed by atoms with van der Waals surface area (Å²) in [6.45, 7) is 2.57. The van der Waals surface area contributed by atoms with E-state index in [1.165, 1.54) is 18.1 Å². The van der Waals surface area contributed by atoms with E-state index in [1.807, 2.05) is 67.6 Å². The van der Waals surface area contributed by atoms with Crippen LogP contribution in [-0.2, 0) is 16.1 Å². The third kappa shape index (κ3) is 5.11. The number of carbonyl (C=O) groups excluding carboxylic acids is 2. The molecule has 0 saturated carbocycles. The van der Waals surface area contributed by atoms with Gasteiger partial charge in [-0.1, -0.05) is 72.8 Å². The molecule has 1 atom stereocenters. The molecule has 0 fully saturated rings. The first-order valence-corrected chi connectivity index (χ1v) is 11.4. The largest absolute Gasteiger partial charge is 0.503 e. The van der Waals surface area contributed by atoms with Crippen molar-refractivity contribution in [1.29, 1.82) is 0 Å². The number of ketones is 1. The lowest BCUT2D eigenvalue weighted by Crippen LogP contribution is -2.30. The first-order chi connectivity index (χ1) is 17.0. The molecule has 1 N–H and O–H groups in total. The summed E-state index contributed by atoms with van der Waals surface area (Å²) in [5, 5.41) is 10.8. The molecule has 0 aliphatic carbocycles. The van der Waals surface area contributed by atoms with Crippen molar-refractivity contribution in [3.63, 3.8) is 0 Å². The van der Waals surface area contributed by atoms with Crippen LogP contribution in [0.15, 0.2) is 96.3 Å². The Morgan fingerprint density at radius 2 is 1.69 bits per heavy atom. The minimum absolute atomic E-state index is 0.0318. The Bertz CT molecular complexity index is 1260. The summed E-state index contributed by atoms with van der Waals surface area (Å²) in [6.07, 6.45) is 3.06. The summed E-state index contributed by atoms with van der Waals surface area (Å²) in [7, 11) is 1.53. The molecule has 6 nitrogen and oxygen atoms in total. The molecule has 1 amide bonds. The number of amides is 1. The van der Waals surface area contributed by atoms with Crippen molar-refractivity contribution in [2.45, 2.75) is 19.5 Å². The molecule has 35 heavy (non-hydrogen) atoms. The number of hydrogen-bond acceptors (Lipinski definition) is 5. The molecule has 6 heteroatoms. The molecule has 3 aromatic rings. The molecular formula is C29H27NO5. The molecule has 0 saturated heterocycles. The predicted octanol–water partition coefficient (Wildman–Crippen LogP) is 5.27. The van der Waals surface area contributed by atoms with E-state index in [0.717, 1.165) is 11.1 Å². The molecule has 1 aliphatic rings. The SMILES string of the molecule is CCOc1ccc(C2C(C(=O)/C=C/c3ccccc3)=C(O)C(=O)N2Cc2ccccc2)cc1OC. The lowest BCUT2D eigenvalue weighted by molar-refractivity contribution is -0.130. The molecule has 1 aliphatic heterocycles. The van der Waals surface area contributed by atoms with Gasteiger partial charge in [-0.2, -0.15) is 0 Å². The van der Waals surface area contributed by atoms with E-state index in [2.05, 4.69) is 0 Å². The highest BCUT2D eigenvalue weighted by molar-refractivity contribution is 6.14. The van der Waals surface area contributed by atoms with E-state index in [9.17, 15) is 14.7 Å². The quantitative estimate of drug-likeness (QED) is 0.432. The van der Waals surface area contributed by atoms with Gasteiger partial charge in [0.05, 0.1) is 25.3 Å². The molecule has 1 unspecified atom stereocenters. The van der Waals surface area contributed by atoms with Gasteiger partial charge in [-0.15, -0.1) is 0 Å². The highest BCUT2D eigenvalue weighted by atomic mass is 16.5. The normalized spacial score (nSPS) is 15.7. The predicted molar refractivity (Wildman–Crippen MR) is 134 cm³/mol. The Morgan fingerprint density at radius 3 is 2.34 bits per heavy atom. The van der Waals surface area contributed by atoms with Crippen LogP contribution < -0.4 is 9.47 Å². The summed E-state index contributed by atoms with van der Waals surface area (Å²) in [4.78, 5) is 28.0. The fraction of sp³-hybridized carbons (Fsp3) is 0.172. The second kappa shape index (κ2) is 10.7. The van der Waals surface area contributed by atoms with Crippen LogP contribution in [0.25, 0.3) is 6.08 Å². The Morgan fingerprint density at radius 1 is 1.00 bits per heavy atom. The standard InChI is InChI=1S/C29H27NO5/c1-3-35-24-17-15-22(18-25(24)34-2)27-26(23(31)16-14-20-10-6-4-7-11-20)28(32)29(33)30(27)19-21-12-8-5-9-13-21/h4-18,27,32H,3,19H2,1-2H3/b16-14+. The Hall–Kier alpha value is -4.32. The van der Waals surface area contributed by atoms with E-state index < -0.39 is 23.5 Å². The maximum absolute atomic E-state index is 13.3. The zero-order valence-corrected chi connectivity index (χ0v) is 19.7. The van der Waals surface area contributed by atoms with Gasteiger partial charge in [-0.3, -0.25) is 9.59 Å². The third-order valence-corrected chi connectivity index (χ3v) is 5.79. The summed E-state index contributed by atoms with van der Waals surface area (Å²) in [5.74, 6) is -0.532. The van der Waals surface area contributed by atoms with Gasteiger partial charge < -0.3 is 19.5 Å². The van der Waals surface area contributed by atoms with Crippen molar-refractivity contribution in [3.8, 4) is 11.5 Å². The van der Waals surface area contributed by atoms with E-state index in [-0.39, 0.29) is 12.1 Å². The van der Waals surface area contributed by atoms with Crippen LogP contribution in [0, 0.1) is 0 Å². The van der Waals surface area contributed by atoms with Crippen molar-refractivity contribution >= 4 is 17.8 Å². The minimum Gasteiger partial charge on any atom is -0.503 e. The minimum atomic E-state index is -0.791. The van der Waals surface area contributed by atoms with Crippen LogP contribution in [0.2, 0.25) is 0 Å². The highest BCUT2D eigenvalue weighted by Crippen LogP contribution is 2.41. The summed E-state index contributed by atoms with van der Waals surface area (Å²) < 4.78 is 11.1. The first kappa shape index (κ1) is 23.8. The summed E-state index contributed by atoms with van der Waals surface area (Å²) in [5.41, 5.74) is 2.38. The molecule has 3 aromatic carbocycles. The Kier molecular flexibility index (Phi) is 7.31. The number of ether oxygens (including phenoxy) is 2. The van der Waals surface area contributed by atoms with Crippen molar-refractivity contribution in [2.75, 3.05) is 13.7 Å². The van der Waals surface area contributed by atoms with Crippen LogP contribution in [0.5, 0.6) is 11.5 Å². The average molecular weight is 470 g/mol. The van der Waals surface area contributed by atoms with E-state index >= 15 is 0 Å². The topological polar surface area (TPSA) is 76.1 Å². The lowest BCUT2D eigenvalue weighted by Gasteiger charge is -2.27. The highest BCUT2D eigenvalue weighted by Gasteiger charge is 2.43. The van der Waals surface area contributed by atoms with Crippen molar-refractivity contribution in [3.05, 3.63) is 113 Å². The number of benzene rings is 3. The zero-order valence-electron chi connectivity index (χ0n) is 19.7. The fourth-order valence-corrected chi connectivity index (χ4v) is 4.15. The van der Waals surface area contributed by atoms with Crippen LogP contribution in [0.3, 0.4) is 0 Å². The number of rotatable bonds is 9. The molecule has 0 bridgehead atoms. The molecule has 1 heterocycles. The number of aliphatic hydroxyl groups excluding tert-OH is 1. The second-order valence-corrected chi connectivity index (χ2v) is 8.04. The first-order valence-electron chi connectivity index (χ1n) is 11.4. The van der Waals surface area contributed by atoms with Crippen LogP contribution in [0.1, 0.15) is 29.7 Å². The van der Waals surface area contributed by atoms with Gasteiger partial charge in [0.2, 0.25) is 0 Å². The van der Waals surface area contributed by atoms with E-state index in [1.54, 1.807) is 24.3 Å². The van der Waals surface area contributed by atoms with Gasteiger partial charge in [0, 0.05) is 6.54 Å². The summed E-state index contributed by atoms with van der Waals surface area (Å²) in [6, 6.07) is 23.3. The number of allylic oxidation sites excluding steroid dienone is 1. The number of methoxy groups -OCH3 is 1. The number of nitrogens with zero attached hydrogens (tertiary/aromatic N) is 1. The van der Waals surface area contributed by atoms with E-state index in [4.69, 9.17) is 9.47 Å². The third-order valence-electron chi connectivity index (χ3n) is 5.79. The lowest BCUT2D eigenvalue weighted by atomic mass is 9.95. The summed E-state index contributed by atoms with van der Waals surface area (Å²) >= 11 is 0. The fourth-order valence-electron chi connectivity index (χ4n) is 4.15. The number of carbonyl (C=O) groups is 2. The smallest absolute Gasteiger partial charge is 0.290 e. The zero-order chi connectivity index (χ0) is 24.8. The average Bonchev–Trinajstić information content (AvgIpc) is 3.14. The molecule has 0 spiro atoms. The van der Waals surface area contributed by atoms with Gasteiger partial charge in [0.1, 0.15) is 0 Å². The van der Waals surface area contributed by atoms with Crippen molar-refractivity contribution in [2.24, 2.45) is 0 Å². The monoisotopic (exact) mass is 469 g/mol. The van der Waals surface area contributed by atoms with Crippen LogP contribution >= 0.6 is 0 Å². The number of hydrogen-bond donors (Lipinski definition) is 1.